The number of fused-ring (bicyclic) bond motifs is 1. The Morgan fingerprint density at radius 3 is 2.24 bits per heavy atom. The van der Waals surface area contributed by atoms with E-state index in [-0.39, 0.29) is 17.8 Å². The van der Waals surface area contributed by atoms with Gasteiger partial charge in [0.2, 0.25) is 0 Å². The number of methoxy groups -OCH3 is 1. The van der Waals surface area contributed by atoms with Crippen molar-refractivity contribution in [3.05, 3.63) is 125 Å². The average molecular weight is 551 g/mol. The number of nitrogens with one attached hydrogen (secondary N) is 1. The van der Waals surface area contributed by atoms with E-state index in [1.165, 1.54) is 35.6 Å². The topological polar surface area (TPSA) is 77.4 Å². The number of hydrogen-bond donors (Lipinski definition) is 1. The summed E-state index contributed by atoms with van der Waals surface area (Å²) < 4.78 is 21.7. The van der Waals surface area contributed by atoms with Crippen molar-refractivity contribution in [2.75, 3.05) is 7.11 Å². The minimum Gasteiger partial charge on any atom is -0.493 e. The molecule has 0 bridgehead atoms. The molecule has 208 valence electrons. The first-order chi connectivity index (χ1) is 19.8. The molecule has 1 amide bonds. The SMILES string of the molecule is COc1c(F)cccc1[C@H](C)NC(=O)c1ccc2c(c1)c(C)c(C)n2Cc1ccc(-c2ccccc2)cc1.O=C=O. The van der Waals surface area contributed by atoms with Crippen molar-refractivity contribution < 1.29 is 23.5 Å². The molecule has 4 aromatic carbocycles. The van der Waals surface area contributed by atoms with Gasteiger partial charge in [0, 0.05) is 34.3 Å². The van der Waals surface area contributed by atoms with Gasteiger partial charge in [-0.15, -0.1) is 0 Å². The van der Waals surface area contributed by atoms with Crippen LogP contribution in [0.3, 0.4) is 0 Å². The van der Waals surface area contributed by atoms with E-state index in [1.54, 1.807) is 12.1 Å². The van der Waals surface area contributed by atoms with E-state index in [1.807, 2.05) is 31.2 Å². The Morgan fingerprint density at radius 1 is 0.927 bits per heavy atom. The highest BCUT2D eigenvalue weighted by Crippen LogP contribution is 2.30. The Balaban J connectivity index is 0.00000124. The van der Waals surface area contributed by atoms with Crippen LogP contribution in [-0.4, -0.2) is 23.7 Å². The molecule has 5 aromatic rings. The van der Waals surface area contributed by atoms with Crippen LogP contribution in [0.2, 0.25) is 0 Å². The largest absolute Gasteiger partial charge is 0.493 e. The molecule has 7 heteroatoms. The molecule has 0 radical (unpaired) electrons. The molecule has 0 saturated carbocycles. The van der Waals surface area contributed by atoms with Crippen LogP contribution in [0.5, 0.6) is 5.75 Å². The zero-order valence-corrected chi connectivity index (χ0v) is 23.4. The molecule has 6 nitrogen and oxygen atoms in total. The number of carbonyl (C=O) groups excluding carboxylic acids is 3. The molecule has 0 spiro atoms. The molecule has 5 rings (SSSR count). The van der Waals surface area contributed by atoms with E-state index in [0.29, 0.717) is 11.1 Å². The summed E-state index contributed by atoms with van der Waals surface area (Å²) in [4.78, 5) is 29.4. The highest BCUT2D eigenvalue weighted by Gasteiger charge is 2.19. The number of halogens is 1. The number of nitrogens with zero attached hydrogens (tertiary/aromatic N) is 1. The van der Waals surface area contributed by atoms with E-state index >= 15 is 0 Å². The van der Waals surface area contributed by atoms with Crippen molar-refractivity contribution in [2.45, 2.75) is 33.4 Å². The number of hydrogen-bond acceptors (Lipinski definition) is 4. The summed E-state index contributed by atoms with van der Waals surface area (Å²) in [6, 6.07) is 29.1. The number of ether oxygens (including phenoxy) is 1. The fourth-order valence-electron chi connectivity index (χ4n) is 5.05. The van der Waals surface area contributed by atoms with E-state index in [4.69, 9.17) is 14.3 Å². The summed E-state index contributed by atoms with van der Waals surface area (Å²) in [5.74, 6) is -0.516. The number of rotatable bonds is 7. The van der Waals surface area contributed by atoms with Crippen molar-refractivity contribution in [1.82, 2.24) is 9.88 Å². The van der Waals surface area contributed by atoms with Gasteiger partial charge in [-0.25, -0.2) is 4.39 Å². The summed E-state index contributed by atoms with van der Waals surface area (Å²) in [7, 11) is 1.43. The molecule has 1 heterocycles. The fraction of sp³-hybridized carbons (Fsp3) is 0.176. The Morgan fingerprint density at radius 2 is 1.59 bits per heavy atom. The second-order valence-corrected chi connectivity index (χ2v) is 9.73. The molecule has 1 aromatic heterocycles. The summed E-state index contributed by atoms with van der Waals surface area (Å²) in [6.45, 7) is 6.77. The van der Waals surface area contributed by atoms with Gasteiger partial charge in [-0.1, -0.05) is 66.7 Å². The molecule has 1 N–H and O–H groups in total. The maximum atomic E-state index is 14.1. The first kappa shape index (κ1) is 29.0. The van der Waals surface area contributed by atoms with Gasteiger partial charge >= 0.3 is 6.15 Å². The Bertz CT molecular complexity index is 1700. The van der Waals surface area contributed by atoms with E-state index in [9.17, 15) is 9.18 Å². The fourth-order valence-corrected chi connectivity index (χ4v) is 5.05. The monoisotopic (exact) mass is 550 g/mol. The van der Waals surface area contributed by atoms with Crippen LogP contribution in [0.4, 0.5) is 4.39 Å². The lowest BCUT2D eigenvalue weighted by Gasteiger charge is -2.18. The van der Waals surface area contributed by atoms with Gasteiger partial charge in [0.25, 0.3) is 5.91 Å². The molecular formula is C34H31FN2O4. The lowest BCUT2D eigenvalue weighted by molar-refractivity contribution is -0.191. The maximum Gasteiger partial charge on any atom is 0.373 e. The Kier molecular flexibility index (Phi) is 9.12. The van der Waals surface area contributed by atoms with Gasteiger partial charge in [-0.3, -0.25) is 4.79 Å². The minimum absolute atomic E-state index is 0.149. The lowest BCUT2D eigenvalue weighted by Crippen LogP contribution is -2.27. The van der Waals surface area contributed by atoms with Crippen molar-refractivity contribution in [3.63, 3.8) is 0 Å². The predicted octanol–water partition coefficient (Wildman–Crippen LogP) is 7.03. The molecule has 41 heavy (non-hydrogen) atoms. The third-order valence-electron chi connectivity index (χ3n) is 7.32. The van der Waals surface area contributed by atoms with Crippen LogP contribution in [0.15, 0.2) is 91.0 Å². The maximum absolute atomic E-state index is 14.1. The van der Waals surface area contributed by atoms with Crippen LogP contribution in [0, 0.1) is 19.7 Å². The van der Waals surface area contributed by atoms with Crippen molar-refractivity contribution >= 4 is 23.0 Å². The summed E-state index contributed by atoms with van der Waals surface area (Å²) in [5.41, 5.74) is 8.17. The van der Waals surface area contributed by atoms with E-state index in [0.717, 1.165) is 23.0 Å². The third-order valence-corrected chi connectivity index (χ3v) is 7.32. The molecular weight excluding hydrogens is 519 g/mol. The molecule has 0 fully saturated rings. The first-order valence-corrected chi connectivity index (χ1v) is 13.1. The van der Waals surface area contributed by atoms with Crippen LogP contribution in [0.1, 0.15) is 45.7 Å². The highest BCUT2D eigenvalue weighted by molar-refractivity contribution is 5.99. The Labute approximate surface area is 238 Å². The van der Waals surface area contributed by atoms with Crippen molar-refractivity contribution in [1.29, 1.82) is 0 Å². The quantitative estimate of drug-likeness (QED) is 0.236. The summed E-state index contributed by atoms with van der Waals surface area (Å²) in [6.07, 6.45) is 0.250. The van der Waals surface area contributed by atoms with Crippen LogP contribution in [-0.2, 0) is 16.1 Å². The molecule has 0 aliphatic rings. The van der Waals surface area contributed by atoms with Crippen molar-refractivity contribution in [2.24, 2.45) is 0 Å². The zero-order valence-electron chi connectivity index (χ0n) is 23.4. The summed E-state index contributed by atoms with van der Waals surface area (Å²) in [5, 5.41) is 4.03. The van der Waals surface area contributed by atoms with E-state index in [2.05, 4.69) is 72.3 Å². The van der Waals surface area contributed by atoms with Gasteiger partial charge in [0.05, 0.1) is 13.2 Å². The highest BCUT2D eigenvalue weighted by atomic mass is 19.1. The Hall–Kier alpha value is -5.00. The standard InChI is InChI=1S/C33H31FN2O2.CO2/c1-21-23(3)36(20-24-13-15-26(16-14-24)25-9-6-5-7-10-25)31-18-17-27(19-29(21)31)33(37)35-22(2)28-11-8-12-30(34)32(28)38-4;2-1-3/h5-19,22H,20H2,1-4H3,(H,35,37);/t22-;/m0./s1. The predicted molar refractivity (Wildman–Crippen MR) is 156 cm³/mol. The zero-order chi connectivity index (χ0) is 29.5. The van der Waals surface area contributed by atoms with Gasteiger partial charge < -0.3 is 14.6 Å². The molecule has 0 unspecified atom stereocenters. The van der Waals surface area contributed by atoms with Crippen molar-refractivity contribution in [3.8, 4) is 16.9 Å². The van der Waals surface area contributed by atoms with Gasteiger partial charge in [-0.05, 0) is 67.3 Å². The second-order valence-electron chi connectivity index (χ2n) is 9.73. The number of aromatic nitrogens is 1. The number of para-hydroxylation sites is 1. The smallest absolute Gasteiger partial charge is 0.373 e. The first-order valence-electron chi connectivity index (χ1n) is 13.1. The molecule has 0 aliphatic heterocycles. The number of aryl methyl sites for hydroxylation is 1. The third kappa shape index (κ3) is 6.26. The van der Waals surface area contributed by atoms with E-state index < -0.39 is 11.9 Å². The lowest BCUT2D eigenvalue weighted by atomic mass is 10.0. The molecule has 0 aliphatic carbocycles. The van der Waals surface area contributed by atoms with Crippen LogP contribution in [0.25, 0.3) is 22.0 Å². The number of amides is 1. The normalized spacial score (nSPS) is 11.2. The minimum atomic E-state index is -0.449. The summed E-state index contributed by atoms with van der Waals surface area (Å²) >= 11 is 0. The van der Waals surface area contributed by atoms with Crippen LogP contribution < -0.4 is 10.1 Å². The average Bonchev–Trinajstić information content (AvgIpc) is 3.22. The van der Waals surface area contributed by atoms with Crippen LogP contribution >= 0.6 is 0 Å². The number of benzene rings is 4. The van der Waals surface area contributed by atoms with Gasteiger partial charge in [0.15, 0.2) is 11.6 Å². The molecule has 0 saturated heterocycles. The molecule has 1 atom stereocenters. The second kappa shape index (κ2) is 12.9. The van der Waals surface area contributed by atoms with Gasteiger partial charge in [0.1, 0.15) is 0 Å². The number of carbonyl (C=O) groups is 1. The van der Waals surface area contributed by atoms with Gasteiger partial charge in [-0.2, -0.15) is 9.59 Å².